The maximum absolute atomic E-state index is 13.1. The van der Waals surface area contributed by atoms with Gasteiger partial charge in [0.2, 0.25) is 0 Å². The van der Waals surface area contributed by atoms with Crippen LogP contribution in [-0.2, 0) is 16.6 Å². The third-order valence-electron chi connectivity index (χ3n) is 4.54. The van der Waals surface area contributed by atoms with Gasteiger partial charge < -0.3 is 19.3 Å². The van der Waals surface area contributed by atoms with Crippen molar-refractivity contribution in [3.63, 3.8) is 0 Å². The smallest absolute Gasteiger partial charge is 0.305 e. The Morgan fingerprint density at radius 3 is 2.92 bits per heavy atom. The van der Waals surface area contributed by atoms with Crippen LogP contribution in [0.25, 0.3) is 10.2 Å². The molecule has 3 heterocycles. The van der Waals surface area contributed by atoms with Gasteiger partial charge in [0.1, 0.15) is 4.83 Å². The van der Waals surface area contributed by atoms with E-state index < -0.39 is 5.97 Å². The quantitative estimate of drug-likeness (QED) is 0.814. The molecular formula is C17H21N3O5S. The lowest BCUT2D eigenvalue weighted by atomic mass is 10.1. The molecule has 0 saturated carbocycles. The van der Waals surface area contributed by atoms with Crippen molar-refractivity contribution in [2.24, 2.45) is 7.05 Å². The number of thiophene rings is 1. The number of aryl methyl sites for hydroxylation is 2. The van der Waals surface area contributed by atoms with Crippen molar-refractivity contribution in [2.45, 2.75) is 32.3 Å². The zero-order valence-electron chi connectivity index (χ0n) is 14.7. The minimum Gasteiger partial charge on any atom is -0.481 e. The van der Waals surface area contributed by atoms with Gasteiger partial charge in [-0.1, -0.05) is 0 Å². The maximum atomic E-state index is 13.1. The number of fused-ring (bicyclic) bond motifs is 1. The summed E-state index contributed by atoms with van der Waals surface area (Å²) in [6.07, 6.45) is 3.01. The molecule has 1 aliphatic rings. The van der Waals surface area contributed by atoms with E-state index in [0.717, 1.165) is 12.8 Å². The Morgan fingerprint density at radius 1 is 1.50 bits per heavy atom. The van der Waals surface area contributed by atoms with Gasteiger partial charge in [-0.25, -0.2) is 4.98 Å². The molecule has 140 valence electrons. The molecule has 1 fully saturated rings. The van der Waals surface area contributed by atoms with Gasteiger partial charge in [-0.2, -0.15) is 0 Å². The molecule has 0 bridgehead atoms. The number of carbonyl (C=O) groups is 2. The molecule has 0 spiro atoms. The van der Waals surface area contributed by atoms with Crippen molar-refractivity contribution in [3.8, 4) is 0 Å². The molecule has 26 heavy (non-hydrogen) atoms. The first-order chi connectivity index (χ1) is 12.4. The number of nitrogens with zero attached hydrogens (tertiary/aromatic N) is 3. The van der Waals surface area contributed by atoms with E-state index in [9.17, 15) is 14.4 Å². The number of ether oxygens (including phenoxy) is 1. The predicted molar refractivity (Wildman–Crippen MR) is 96.7 cm³/mol. The molecule has 1 aliphatic heterocycles. The van der Waals surface area contributed by atoms with E-state index in [1.807, 2.05) is 0 Å². The highest BCUT2D eigenvalue weighted by Crippen LogP contribution is 2.28. The van der Waals surface area contributed by atoms with Crippen LogP contribution in [0.2, 0.25) is 0 Å². The summed E-state index contributed by atoms with van der Waals surface area (Å²) in [5, 5.41) is 9.43. The van der Waals surface area contributed by atoms with Gasteiger partial charge in [0, 0.05) is 26.7 Å². The number of aromatic nitrogens is 2. The van der Waals surface area contributed by atoms with Crippen LogP contribution in [0, 0.1) is 6.92 Å². The molecule has 2 aromatic rings. The van der Waals surface area contributed by atoms with Gasteiger partial charge in [0.05, 0.1) is 29.1 Å². The predicted octanol–water partition coefficient (Wildman–Crippen LogP) is 1.40. The zero-order valence-corrected chi connectivity index (χ0v) is 15.5. The minimum atomic E-state index is -0.960. The molecule has 2 aromatic heterocycles. The first kappa shape index (κ1) is 18.5. The molecule has 1 amide bonds. The molecule has 1 N–H and O–H groups in total. The first-order valence-electron chi connectivity index (χ1n) is 8.46. The molecule has 0 aliphatic carbocycles. The Hall–Kier alpha value is -2.26. The van der Waals surface area contributed by atoms with Crippen LogP contribution in [0.15, 0.2) is 11.1 Å². The second kappa shape index (κ2) is 7.55. The standard InChI is InChI=1S/C17H21N3O5S/c1-10-13-15(18-9-19(2)16(13)23)26-14(10)17(24)20(6-5-12(21)22)8-11-4-3-7-25-11/h9,11H,3-8H2,1-2H3,(H,21,22)/t11-/m0/s1. The highest BCUT2D eigenvalue weighted by molar-refractivity contribution is 7.20. The van der Waals surface area contributed by atoms with Crippen LogP contribution in [0.5, 0.6) is 0 Å². The summed E-state index contributed by atoms with van der Waals surface area (Å²) in [6.45, 7) is 2.85. The van der Waals surface area contributed by atoms with E-state index in [-0.39, 0.29) is 30.5 Å². The normalized spacial score (nSPS) is 16.9. The highest BCUT2D eigenvalue weighted by atomic mass is 32.1. The molecule has 0 aromatic carbocycles. The number of amides is 1. The van der Waals surface area contributed by atoms with E-state index in [4.69, 9.17) is 9.84 Å². The molecule has 3 rings (SSSR count). The lowest BCUT2D eigenvalue weighted by Crippen LogP contribution is -2.38. The lowest BCUT2D eigenvalue weighted by molar-refractivity contribution is -0.137. The summed E-state index contributed by atoms with van der Waals surface area (Å²) in [5.74, 6) is -1.23. The highest BCUT2D eigenvalue weighted by Gasteiger charge is 2.27. The molecule has 1 saturated heterocycles. The number of rotatable bonds is 6. The van der Waals surface area contributed by atoms with E-state index in [1.165, 1.54) is 27.1 Å². The second-order valence-electron chi connectivity index (χ2n) is 6.43. The van der Waals surface area contributed by atoms with Crippen LogP contribution in [0.3, 0.4) is 0 Å². The van der Waals surface area contributed by atoms with E-state index in [2.05, 4.69) is 4.98 Å². The largest absolute Gasteiger partial charge is 0.481 e. The van der Waals surface area contributed by atoms with Gasteiger partial charge in [0.25, 0.3) is 11.5 Å². The Balaban J connectivity index is 1.93. The Labute approximate surface area is 154 Å². The van der Waals surface area contributed by atoms with Crippen LogP contribution in [0.4, 0.5) is 0 Å². The average molecular weight is 379 g/mol. The second-order valence-corrected chi connectivity index (χ2v) is 7.43. The van der Waals surface area contributed by atoms with Crippen LogP contribution in [0.1, 0.15) is 34.5 Å². The molecule has 1 atom stereocenters. The Morgan fingerprint density at radius 2 is 2.27 bits per heavy atom. The first-order valence-corrected chi connectivity index (χ1v) is 9.27. The lowest BCUT2D eigenvalue weighted by Gasteiger charge is -2.24. The summed E-state index contributed by atoms with van der Waals surface area (Å²) in [5.41, 5.74) is 0.398. The number of carbonyl (C=O) groups excluding carboxylic acids is 1. The van der Waals surface area contributed by atoms with Crippen LogP contribution < -0.4 is 5.56 Å². The van der Waals surface area contributed by atoms with Gasteiger partial charge in [-0.15, -0.1) is 11.3 Å². The van der Waals surface area contributed by atoms with Crippen molar-refractivity contribution in [3.05, 3.63) is 27.1 Å². The molecule has 9 heteroatoms. The Kier molecular flexibility index (Phi) is 5.38. The zero-order chi connectivity index (χ0) is 18.8. The average Bonchev–Trinajstić information content (AvgIpc) is 3.22. The number of hydrogen-bond acceptors (Lipinski definition) is 6. The number of hydrogen-bond donors (Lipinski definition) is 1. The number of carboxylic acids is 1. The fourth-order valence-electron chi connectivity index (χ4n) is 3.10. The molecule has 0 radical (unpaired) electrons. The summed E-state index contributed by atoms with van der Waals surface area (Å²) in [6, 6.07) is 0. The van der Waals surface area contributed by atoms with Gasteiger partial charge in [-0.3, -0.25) is 14.4 Å². The summed E-state index contributed by atoms with van der Waals surface area (Å²) < 4.78 is 6.98. The molecule has 0 unspecified atom stereocenters. The van der Waals surface area contributed by atoms with E-state index >= 15 is 0 Å². The van der Waals surface area contributed by atoms with Gasteiger partial charge >= 0.3 is 5.97 Å². The maximum Gasteiger partial charge on any atom is 0.305 e. The number of carboxylic acid groups (broad SMARTS) is 1. The minimum absolute atomic E-state index is 0.0755. The van der Waals surface area contributed by atoms with Crippen molar-refractivity contribution in [1.82, 2.24) is 14.5 Å². The molecule has 8 nitrogen and oxygen atoms in total. The monoisotopic (exact) mass is 379 g/mol. The van der Waals surface area contributed by atoms with Gasteiger partial charge in [-0.05, 0) is 25.3 Å². The molecular weight excluding hydrogens is 358 g/mol. The van der Waals surface area contributed by atoms with Crippen LogP contribution in [-0.4, -0.2) is 57.2 Å². The van der Waals surface area contributed by atoms with Crippen molar-refractivity contribution >= 4 is 33.4 Å². The van der Waals surface area contributed by atoms with Crippen molar-refractivity contribution in [2.75, 3.05) is 19.7 Å². The summed E-state index contributed by atoms with van der Waals surface area (Å²) in [7, 11) is 1.62. The topological polar surface area (TPSA) is 102 Å². The fraction of sp³-hybridized carbons (Fsp3) is 0.529. The Bertz CT molecular complexity index is 898. The van der Waals surface area contributed by atoms with Crippen LogP contribution >= 0.6 is 11.3 Å². The fourth-order valence-corrected chi connectivity index (χ4v) is 4.20. The summed E-state index contributed by atoms with van der Waals surface area (Å²) >= 11 is 1.17. The van der Waals surface area contributed by atoms with E-state index in [0.29, 0.717) is 33.8 Å². The number of aliphatic carboxylic acids is 1. The SMILES string of the molecule is Cc1c(C(=O)N(CCC(=O)O)C[C@@H]2CCCO2)sc2ncn(C)c(=O)c12. The van der Waals surface area contributed by atoms with Gasteiger partial charge in [0.15, 0.2) is 0 Å². The van der Waals surface area contributed by atoms with Crippen molar-refractivity contribution < 1.29 is 19.4 Å². The van der Waals surface area contributed by atoms with Crippen molar-refractivity contribution in [1.29, 1.82) is 0 Å². The van der Waals surface area contributed by atoms with E-state index in [1.54, 1.807) is 14.0 Å². The summed E-state index contributed by atoms with van der Waals surface area (Å²) in [4.78, 5) is 43.1. The third kappa shape index (κ3) is 3.63. The third-order valence-corrected chi connectivity index (χ3v) is 5.72.